The van der Waals surface area contributed by atoms with Gasteiger partial charge in [-0.2, -0.15) is 0 Å². The molecule has 0 radical (unpaired) electrons. The predicted molar refractivity (Wildman–Crippen MR) is 77.0 cm³/mol. The standard InChI is InChI=1S/C15H17O3P/c1-3-19(16,17-14-7-5-4-6-8-14)18-15-11-9-13(2)10-12-15/h4-12H,3H2,1-2H3. The summed E-state index contributed by atoms with van der Waals surface area (Å²) in [5.41, 5.74) is 1.13. The Morgan fingerprint density at radius 2 is 1.42 bits per heavy atom. The molecule has 2 rings (SSSR count). The van der Waals surface area contributed by atoms with Crippen LogP contribution < -0.4 is 9.05 Å². The van der Waals surface area contributed by atoms with E-state index in [1.165, 1.54) is 0 Å². The highest BCUT2D eigenvalue weighted by atomic mass is 31.2. The second-order valence-electron chi connectivity index (χ2n) is 4.24. The third kappa shape index (κ3) is 3.87. The summed E-state index contributed by atoms with van der Waals surface area (Å²) < 4.78 is 23.6. The molecule has 2 aromatic rings. The van der Waals surface area contributed by atoms with Crippen LogP contribution in [0.3, 0.4) is 0 Å². The van der Waals surface area contributed by atoms with E-state index in [9.17, 15) is 4.57 Å². The zero-order chi connectivity index (χ0) is 13.7. The fraction of sp³-hybridized carbons (Fsp3) is 0.200. The van der Waals surface area contributed by atoms with Gasteiger partial charge in [0.2, 0.25) is 0 Å². The van der Waals surface area contributed by atoms with E-state index in [1.807, 2.05) is 37.3 Å². The van der Waals surface area contributed by atoms with E-state index in [0.717, 1.165) is 5.56 Å². The third-order valence-corrected chi connectivity index (χ3v) is 4.39. The minimum absolute atomic E-state index is 0.315. The summed E-state index contributed by atoms with van der Waals surface area (Å²) in [6.07, 6.45) is 0.315. The van der Waals surface area contributed by atoms with Crippen LogP contribution in [0, 0.1) is 6.92 Å². The first-order chi connectivity index (χ1) is 9.11. The molecule has 0 fully saturated rings. The minimum atomic E-state index is -3.16. The Hall–Kier alpha value is -1.73. The minimum Gasteiger partial charge on any atom is -0.416 e. The van der Waals surface area contributed by atoms with Crippen molar-refractivity contribution >= 4 is 7.60 Å². The van der Waals surface area contributed by atoms with Crippen LogP contribution in [-0.2, 0) is 4.57 Å². The SMILES string of the molecule is CCP(=O)(Oc1ccccc1)Oc1ccc(C)cc1. The zero-order valence-electron chi connectivity index (χ0n) is 11.1. The number of hydrogen-bond donors (Lipinski definition) is 0. The molecule has 0 heterocycles. The van der Waals surface area contributed by atoms with Crippen LogP contribution in [-0.4, -0.2) is 6.16 Å². The Morgan fingerprint density at radius 1 is 0.895 bits per heavy atom. The van der Waals surface area contributed by atoms with Crippen LogP contribution in [0.4, 0.5) is 0 Å². The Labute approximate surface area is 113 Å². The Kier molecular flexibility index (Phi) is 4.28. The van der Waals surface area contributed by atoms with Crippen LogP contribution in [0.1, 0.15) is 12.5 Å². The normalized spacial score (nSPS) is 13.6. The molecule has 4 heteroatoms. The van der Waals surface area contributed by atoms with Gasteiger partial charge in [-0.15, -0.1) is 0 Å². The van der Waals surface area contributed by atoms with Crippen molar-refractivity contribution in [3.63, 3.8) is 0 Å². The van der Waals surface area contributed by atoms with Crippen molar-refractivity contribution in [3.05, 3.63) is 60.2 Å². The van der Waals surface area contributed by atoms with Crippen LogP contribution in [0.2, 0.25) is 0 Å². The lowest BCUT2D eigenvalue weighted by Gasteiger charge is -2.18. The number of benzene rings is 2. The molecule has 0 aromatic heterocycles. The fourth-order valence-corrected chi connectivity index (χ4v) is 2.73. The monoisotopic (exact) mass is 276 g/mol. The van der Waals surface area contributed by atoms with Crippen molar-refractivity contribution in [1.82, 2.24) is 0 Å². The van der Waals surface area contributed by atoms with Gasteiger partial charge in [-0.3, -0.25) is 0 Å². The van der Waals surface area contributed by atoms with Crippen molar-refractivity contribution in [1.29, 1.82) is 0 Å². The average molecular weight is 276 g/mol. The lowest BCUT2D eigenvalue weighted by Crippen LogP contribution is -2.03. The van der Waals surface area contributed by atoms with Gasteiger partial charge in [0.25, 0.3) is 0 Å². The number of para-hydroxylation sites is 1. The van der Waals surface area contributed by atoms with Crippen LogP contribution in [0.5, 0.6) is 11.5 Å². The molecule has 0 aliphatic carbocycles. The largest absolute Gasteiger partial charge is 0.430 e. The topological polar surface area (TPSA) is 35.5 Å². The molecule has 0 saturated heterocycles. The summed E-state index contributed by atoms with van der Waals surface area (Å²) in [5, 5.41) is 0. The quantitative estimate of drug-likeness (QED) is 0.745. The molecule has 3 nitrogen and oxygen atoms in total. The van der Waals surface area contributed by atoms with Gasteiger partial charge < -0.3 is 9.05 Å². The molecular weight excluding hydrogens is 259 g/mol. The first kappa shape index (κ1) is 13.7. The van der Waals surface area contributed by atoms with E-state index < -0.39 is 7.60 Å². The third-order valence-electron chi connectivity index (χ3n) is 2.64. The van der Waals surface area contributed by atoms with Crippen LogP contribution in [0.15, 0.2) is 54.6 Å². The molecule has 0 aliphatic rings. The van der Waals surface area contributed by atoms with Gasteiger partial charge >= 0.3 is 7.60 Å². The summed E-state index contributed by atoms with van der Waals surface area (Å²) in [5.74, 6) is 1.12. The summed E-state index contributed by atoms with van der Waals surface area (Å²) >= 11 is 0. The van der Waals surface area contributed by atoms with Crippen LogP contribution >= 0.6 is 7.60 Å². The van der Waals surface area contributed by atoms with Gasteiger partial charge in [-0.1, -0.05) is 42.8 Å². The first-order valence-corrected chi connectivity index (χ1v) is 7.94. The lowest BCUT2D eigenvalue weighted by atomic mass is 10.2. The highest BCUT2D eigenvalue weighted by molar-refractivity contribution is 7.54. The molecule has 19 heavy (non-hydrogen) atoms. The molecule has 1 atom stereocenters. The van der Waals surface area contributed by atoms with Crippen molar-refractivity contribution < 1.29 is 13.6 Å². The summed E-state index contributed by atoms with van der Waals surface area (Å²) in [6, 6.07) is 16.5. The summed E-state index contributed by atoms with van der Waals surface area (Å²) in [6.45, 7) is 3.78. The van der Waals surface area contributed by atoms with Gasteiger partial charge in [-0.05, 0) is 31.2 Å². The molecule has 1 unspecified atom stereocenters. The van der Waals surface area contributed by atoms with Crippen molar-refractivity contribution in [3.8, 4) is 11.5 Å². The number of aryl methyl sites for hydroxylation is 1. The molecule has 0 saturated carbocycles. The van der Waals surface area contributed by atoms with Gasteiger partial charge in [-0.25, -0.2) is 4.57 Å². The van der Waals surface area contributed by atoms with E-state index in [-0.39, 0.29) is 0 Å². The maximum atomic E-state index is 12.6. The molecule has 0 spiro atoms. The maximum Gasteiger partial charge on any atom is 0.430 e. The van der Waals surface area contributed by atoms with Gasteiger partial charge in [0.05, 0.1) is 6.16 Å². The molecule has 100 valence electrons. The van der Waals surface area contributed by atoms with E-state index in [2.05, 4.69) is 0 Å². The van der Waals surface area contributed by atoms with Crippen molar-refractivity contribution in [2.45, 2.75) is 13.8 Å². The highest BCUT2D eigenvalue weighted by Crippen LogP contribution is 2.47. The van der Waals surface area contributed by atoms with E-state index in [4.69, 9.17) is 9.05 Å². The second-order valence-corrected chi connectivity index (χ2v) is 6.46. The van der Waals surface area contributed by atoms with Crippen LogP contribution in [0.25, 0.3) is 0 Å². The van der Waals surface area contributed by atoms with Gasteiger partial charge in [0, 0.05) is 0 Å². The number of hydrogen-bond acceptors (Lipinski definition) is 3. The Bertz CT molecular complexity index is 564. The van der Waals surface area contributed by atoms with Crippen molar-refractivity contribution in [2.75, 3.05) is 6.16 Å². The molecule has 0 amide bonds. The summed E-state index contributed by atoms with van der Waals surface area (Å²) in [7, 11) is -3.16. The fourth-order valence-electron chi connectivity index (χ4n) is 1.55. The summed E-state index contributed by atoms with van der Waals surface area (Å²) in [4.78, 5) is 0. The highest BCUT2D eigenvalue weighted by Gasteiger charge is 2.25. The molecule has 0 N–H and O–H groups in total. The van der Waals surface area contributed by atoms with Crippen molar-refractivity contribution in [2.24, 2.45) is 0 Å². The lowest BCUT2D eigenvalue weighted by molar-refractivity contribution is 0.387. The first-order valence-electron chi connectivity index (χ1n) is 6.21. The predicted octanol–water partition coefficient (Wildman–Crippen LogP) is 4.67. The Balaban J connectivity index is 2.14. The van der Waals surface area contributed by atoms with E-state index in [1.54, 1.807) is 31.2 Å². The zero-order valence-corrected chi connectivity index (χ0v) is 12.0. The molecular formula is C15H17O3P. The second kappa shape index (κ2) is 5.94. The average Bonchev–Trinajstić information content (AvgIpc) is 2.42. The maximum absolute atomic E-state index is 12.6. The van der Waals surface area contributed by atoms with Gasteiger partial charge in [0.15, 0.2) is 0 Å². The van der Waals surface area contributed by atoms with E-state index in [0.29, 0.717) is 17.7 Å². The van der Waals surface area contributed by atoms with Gasteiger partial charge in [0.1, 0.15) is 11.5 Å². The van der Waals surface area contributed by atoms with E-state index >= 15 is 0 Å². The molecule has 0 aliphatic heterocycles. The molecule has 2 aromatic carbocycles. The molecule has 0 bridgehead atoms. The Morgan fingerprint density at radius 3 is 1.95 bits per heavy atom. The smallest absolute Gasteiger partial charge is 0.416 e. The number of rotatable bonds is 5.